The molecule has 0 saturated heterocycles. The van der Waals surface area contributed by atoms with Crippen molar-refractivity contribution in [3.8, 4) is 0 Å². The van der Waals surface area contributed by atoms with Crippen LogP contribution in [-0.2, 0) is 8.85 Å². The first-order valence-electron chi connectivity index (χ1n) is 6.70. The summed E-state index contributed by atoms with van der Waals surface area (Å²) in [6.45, 7) is 6.75. The maximum atomic E-state index is 5.72. The molecule has 16 heavy (non-hydrogen) atoms. The summed E-state index contributed by atoms with van der Waals surface area (Å²) in [5.74, 6) is 0.669. The minimum Gasteiger partial charge on any atom is -0.398 e. The van der Waals surface area contributed by atoms with Gasteiger partial charge in [0.25, 0.3) is 0 Å². The van der Waals surface area contributed by atoms with Crippen LogP contribution < -0.4 is 0 Å². The lowest BCUT2D eigenvalue weighted by Crippen LogP contribution is -2.41. The lowest BCUT2D eigenvalue weighted by Gasteiger charge is -2.29. The van der Waals surface area contributed by atoms with Crippen LogP contribution in [0.25, 0.3) is 0 Å². The fraction of sp³-hybridized carbons (Fsp3) is 1.00. The standard InChI is InChI=1S/C13H30O2Si/c1-6-7-8-9-10-11-16(14-4,15-5)12-13(2)3/h13H,6-12H2,1-5H3. The van der Waals surface area contributed by atoms with Gasteiger partial charge in [0.2, 0.25) is 0 Å². The van der Waals surface area contributed by atoms with Crippen molar-refractivity contribution < 1.29 is 8.85 Å². The van der Waals surface area contributed by atoms with Crippen LogP contribution in [0.15, 0.2) is 0 Å². The molecule has 0 aromatic heterocycles. The second-order valence-corrected chi connectivity index (χ2v) is 8.63. The highest BCUT2D eigenvalue weighted by atomic mass is 28.4. The molecule has 0 saturated carbocycles. The molecule has 0 aliphatic carbocycles. The Labute approximate surface area is 103 Å². The zero-order valence-corrected chi connectivity index (χ0v) is 12.8. The molecule has 0 fully saturated rings. The Hall–Kier alpha value is 0.137. The quantitative estimate of drug-likeness (QED) is 0.421. The molecule has 0 unspecified atom stereocenters. The molecule has 0 aliphatic heterocycles. The van der Waals surface area contributed by atoms with Crippen LogP contribution in [-0.4, -0.2) is 22.8 Å². The Balaban J connectivity index is 3.92. The van der Waals surface area contributed by atoms with E-state index in [-0.39, 0.29) is 0 Å². The van der Waals surface area contributed by atoms with Crippen LogP contribution in [0.4, 0.5) is 0 Å². The summed E-state index contributed by atoms with van der Waals surface area (Å²) in [4.78, 5) is 0. The first-order valence-corrected chi connectivity index (χ1v) is 8.93. The third-order valence-corrected chi connectivity index (χ3v) is 7.17. The van der Waals surface area contributed by atoms with E-state index in [9.17, 15) is 0 Å². The summed E-state index contributed by atoms with van der Waals surface area (Å²) in [5, 5.41) is 0. The zero-order chi connectivity index (χ0) is 12.4. The highest BCUT2D eigenvalue weighted by molar-refractivity contribution is 6.67. The molecule has 2 nitrogen and oxygen atoms in total. The molecule has 0 heterocycles. The summed E-state index contributed by atoms with van der Waals surface area (Å²) in [6, 6.07) is 2.27. The topological polar surface area (TPSA) is 18.5 Å². The molecule has 0 radical (unpaired) electrons. The van der Waals surface area contributed by atoms with Gasteiger partial charge in [-0.05, 0) is 18.0 Å². The molecule has 0 aliphatic rings. The lowest BCUT2D eigenvalue weighted by atomic mass is 10.2. The third kappa shape index (κ3) is 6.66. The van der Waals surface area contributed by atoms with Crippen molar-refractivity contribution in [1.29, 1.82) is 0 Å². The summed E-state index contributed by atoms with van der Waals surface area (Å²) in [5.41, 5.74) is 0. The molecule has 98 valence electrons. The molecule has 3 heteroatoms. The molecular weight excluding hydrogens is 216 g/mol. The fourth-order valence-electron chi connectivity index (χ4n) is 2.18. The van der Waals surface area contributed by atoms with Crippen molar-refractivity contribution in [2.75, 3.05) is 14.2 Å². The van der Waals surface area contributed by atoms with E-state index in [4.69, 9.17) is 8.85 Å². The van der Waals surface area contributed by atoms with E-state index < -0.39 is 8.56 Å². The first-order chi connectivity index (χ1) is 7.60. The zero-order valence-electron chi connectivity index (χ0n) is 11.8. The van der Waals surface area contributed by atoms with Gasteiger partial charge in [-0.2, -0.15) is 0 Å². The van der Waals surface area contributed by atoms with Crippen LogP contribution in [0.1, 0.15) is 52.9 Å². The van der Waals surface area contributed by atoms with Crippen molar-refractivity contribution in [2.45, 2.75) is 65.0 Å². The van der Waals surface area contributed by atoms with Gasteiger partial charge >= 0.3 is 8.56 Å². The Bertz CT molecular complexity index is 156. The summed E-state index contributed by atoms with van der Waals surface area (Å²) >= 11 is 0. The molecular formula is C13H30O2Si. The fourth-order valence-corrected chi connectivity index (χ4v) is 5.32. The van der Waals surface area contributed by atoms with Gasteiger partial charge in [-0.25, -0.2) is 0 Å². The van der Waals surface area contributed by atoms with Gasteiger partial charge in [-0.15, -0.1) is 0 Å². The van der Waals surface area contributed by atoms with Gasteiger partial charge in [0.15, 0.2) is 0 Å². The van der Waals surface area contributed by atoms with E-state index in [0.717, 1.165) is 12.1 Å². The van der Waals surface area contributed by atoms with Gasteiger partial charge in [0, 0.05) is 14.2 Å². The maximum absolute atomic E-state index is 5.72. The van der Waals surface area contributed by atoms with Gasteiger partial charge in [0.1, 0.15) is 0 Å². The summed E-state index contributed by atoms with van der Waals surface area (Å²) in [6.07, 6.45) is 6.62. The minimum atomic E-state index is -1.87. The van der Waals surface area contributed by atoms with Crippen LogP contribution in [0.5, 0.6) is 0 Å². The Kier molecular flexibility index (Phi) is 9.28. The van der Waals surface area contributed by atoms with Crippen molar-refractivity contribution in [3.05, 3.63) is 0 Å². The van der Waals surface area contributed by atoms with Crippen LogP contribution in [0.2, 0.25) is 12.1 Å². The molecule has 0 rings (SSSR count). The van der Waals surface area contributed by atoms with Crippen LogP contribution >= 0.6 is 0 Å². The maximum Gasteiger partial charge on any atom is 0.337 e. The number of hydrogen-bond acceptors (Lipinski definition) is 2. The van der Waals surface area contributed by atoms with E-state index in [2.05, 4.69) is 20.8 Å². The lowest BCUT2D eigenvalue weighted by molar-refractivity contribution is 0.234. The number of hydrogen-bond donors (Lipinski definition) is 0. The van der Waals surface area contributed by atoms with Crippen LogP contribution in [0, 0.1) is 5.92 Å². The Morgan fingerprint density at radius 3 is 1.94 bits per heavy atom. The van der Waals surface area contributed by atoms with Gasteiger partial charge < -0.3 is 8.85 Å². The van der Waals surface area contributed by atoms with Gasteiger partial charge in [-0.1, -0.05) is 52.9 Å². The molecule has 0 amide bonds. The predicted molar refractivity (Wildman–Crippen MR) is 73.0 cm³/mol. The van der Waals surface area contributed by atoms with Gasteiger partial charge in [-0.3, -0.25) is 0 Å². The monoisotopic (exact) mass is 246 g/mol. The van der Waals surface area contributed by atoms with Crippen molar-refractivity contribution in [3.63, 3.8) is 0 Å². The second kappa shape index (κ2) is 9.20. The molecule has 0 spiro atoms. The SMILES string of the molecule is CCCCCCC[Si](CC(C)C)(OC)OC. The van der Waals surface area contributed by atoms with Crippen molar-refractivity contribution in [1.82, 2.24) is 0 Å². The van der Waals surface area contributed by atoms with E-state index in [1.807, 2.05) is 14.2 Å². The van der Waals surface area contributed by atoms with E-state index >= 15 is 0 Å². The van der Waals surface area contributed by atoms with Crippen LogP contribution in [0.3, 0.4) is 0 Å². The largest absolute Gasteiger partial charge is 0.398 e. The first kappa shape index (κ1) is 16.1. The third-order valence-electron chi connectivity index (χ3n) is 3.12. The van der Waals surface area contributed by atoms with Crippen molar-refractivity contribution in [2.24, 2.45) is 5.92 Å². The van der Waals surface area contributed by atoms with E-state index in [1.165, 1.54) is 32.1 Å². The normalized spacial score (nSPS) is 12.4. The van der Waals surface area contributed by atoms with E-state index in [1.54, 1.807) is 0 Å². The number of unbranched alkanes of at least 4 members (excludes halogenated alkanes) is 4. The molecule has 0 aromatic carbocycles. The average molecular weight is 246 g/mol. The molecule has 0 aromatic rings. The summed E-state index contributed by atoms with van der Waals surface area (Å²) in [7, 11) is 1.78. The van der Waals surface area contributed by atoms with Gasteiger partial charge in [0.05, 0.1) is 0 Å². The molecule has 0 bridgehead atoms. The summed E-state index contributed by atoms with van der Waals surface area (Å²) < 4.78 is 11.4. The minimum absolute atomic E-state index is 0.669. The van der Waals surface area contributed by atoms with Crippen molar-refractivity contribution >= 4 is 8.56 Å². The highest BCUT2D eigenvalue weighted by Gasteiger charge is 2.35. The highest BCUT2D eigenvalue weighted by Crippen LogP contribution is 2.25. The second-order valence-electron chi connectivity index (χ2n) is 5.08. The predicted octanol–water partition coefficient (Wildman–Crippen LogP) is 4.35. The number of rotatable bonds is 10. The molecule has 0 N–H and O–H groups in total. The average Bonchev–Trinajstić information content (AvgIpc) is 2.26. The Morgan fingerprint density at radius 2 is 1.50 bits per heavy atom. The smallest absolute Gasteiger partial charge is 0.337 e. The van der Waals surface area contributed by atoms with E-state index in [0.29, 0.717) is 5.92 Å². The Morgan fingerprint density at radius 1 is 0.938 bits per heavy atom. The molecule has 0 atom stereocenters.